The third kappa shape index (κ3) is 3.77. The highest BCUT2D eigenvalue weighted by molar-refractivity contribution is 5.96. The van der Waals surface area contributed by atoms with E-state index in [0.717, 1.165) is 23.8 Å². The lowest BCUT2D eigenvalue weighted by Crippen LogP contribution is -2.32. The molecule has 1 atom stereocenters. The van der Waals surface area contributed by atoms with Crippen molar-refractivity contribution in [3.05, 3.63) is 12.2 Å². The van der Waals surface area contributed by atoms with Crippen LogP contribution >= 0.6 is 0 Å². The number of imidazole rings is 1. The van der Waals surface area contributed by atoms with Gasteiger partial charge in [-0.3, -0.25) is 0 Å². The normalized spacial score (nSPS) is 24.9. The van der Waals surface area contributed by atoms with Crippen LogP contribution in [-0.2, 0) is 6.54 Å². The van der Waals surface area contributed by atoms with E-state index in [2.05, 4.69) is 43.8 Å². The molecule has 4 N–H and O–H groups in total. The van der Waals surface area contributed by atoms with E-state index < -0.39 is 0 Å². The van der Waals surface area contributed by atoms with E-state index >= 15 is 0 Å². The van der Waals surface area contributed by atoms with Crippen LogP contribution in [0, 0.1) is 17.8 Å². The third-order valence-electron chi connectivity index (χ3n) is 6.62. The minimum absolute atomic E-state index is 0.0999. The topological polar surface area (TPSA) is 114 Å². The van der Waals surface area contributed by atoms with Gasteiger partial charge >= 0.3 is 0 Å². The minimum atomic E-state index is -0.0999. The second kappa shape index (κ2) is 7.93. The van der Waals surface area contributed by atoms with Crippen molar-refractivity contribution in [3.63, 3.8) is 0 Å². The molecule has 28 heavy (non-hydrogen) atoms. The first-order valence-corrected chi connectivity index (χ1v) is 10.5. The molecule has 2 aliphatic carbocycles. The van der Waals surface area contributed by atoms with E-state index in [1.807, 2.05) is 6.33 Å². The highest BCUT2D eigenvalue weighted by Gasteiger charge is 2.26. The van der Waals surface area contributed by atoms with Crippen molar-refractivity contribution in [2.75, 3.05) is 5.32 Å². The molecule has 2 aliphatic rings. The number of nitrogens with two attached hydrogens (primary N) is 1. The molecule has 0 amide bonds. The standard InChI is InChI=1S/C20H31N7O/c1-12-6-8-14(9-7-12)10-27-11-22-18-16(27)19(23-13(2)15-4-3-5-15)25-20(24-18)17(21)26-28/h11-15,28H,3-10H2,1-2H3,(H2,21,26)(H,23,24,25)/t12?,13-,14?/m1/s1. The predicted molar refractivity (Wildman–Crippen MR) is 109 cm³/mol. The molecule has 8 nitrogen and oxygen atoms in total. The van der Waals surface area contributed by atoms with E-state index in [-0.39, 0.29) is 11.7 Å². The van der Waals surface area contributed by atoms with Gasteiger partial charge in [0.05, 0.1) is 6.33 Å². The lowest BCUT2D eigenvalue weighted by Gasteiger charge is -2.32. The Labute approximate surface area is 165 Å². The zero-order valence-corrected chi connectivity index (χ0v) is 16.8. The smallest absolute Gasteiger partial charge is 0.208 e. The van der Waals surface area contributed by atoms with Crippen molar-refractivity contribution in [1.29, 1.82) is 0 Å². The Balaban J connectivity index is 1.66. The summed E-state index contributed by atoms with van der Waals surface area (Å²) < 4.78 is 2.18. The molecule has 8 heteroatoms. The predicted octanol–water partition coefficient (Wildman–Crippen LogP) is 3.35. The molecular weight excluding hydrogens is 354 g/mol. The fraction of sp³-hybridized carbons (Fsp3) is 0.700. The molecule has 0 aromatic carbocycles. The molecule has 0 saturated heterocycles. The van der Waals surface area contributed by atoms with Crippen LogP contribution in [0.5, 0.6) is 0 Å². The molecule has 152 valence electrons. The number of hydrogen-bond acceptors (Lipinski definition) is 6. The molecule has 0 aliphatic heterocycles. The van der Waals surface area contributed by atoms with E-state index in [1.165, 1.54) is 44.9 Å². The van der Waals surface area contributed by atoms with Crippen LogP contribution in [0.25, 0.3) is 11.2 Å². The highest BCUT2D eigenvalue weighted by Crippen LogP contribution is 2.33. The van der Waals surface area contributed by atoms with Crippen LogP contribution in [0.15, 0.2) is 11.5 Å². The lowest BCUT2D eigenvalue weighted by atomic mass is 9.80. The van der Waals surface area contributed by atoms with Gasteiger partial charge in [-0.25, -0.2) is 15.0 Å². The van der Waals surface area contributed by atoms with Crippen LogP contribution in [-0.4, -0.2) is 36.6 Å². The lowest BCUT2D eigenvalue weighted by molar-refractivity contribution is 0.266. The fourth-order valence-corrected chi connectivity index (χ4v) is 4.44. The van der Waals surface area contributed by atoms with Gasteiger partial charge in [-0.05, 0) is 50.4 Å². The highest BCUT2D eigenvalue weighted by atomic mass is 16.4. The van der Waals surface area contributed by atoms with Crippen molar-refractivity contribution < 1.29 is 5.21 Å². The summed E-state index contributed by atoms with van der Waals surface area (Å²) in [5.41, 5.74) is 7.27. The number of rotatable bonds is 6. The maximum absolute atomic E-state index is 9.05. The summed E-state index contributed by atoms with van der Waals surface area (Å²) in [5.74, 6) is 2.99. The second-order valence-electron chi connectivity index (χ2n) is 8.70. The van der Waals surface area contributed by atoms with Crippen LogP contribution in [0.2, 0.25) is 0 Å². The van der Waals surface area contributed by atoms with Crippen molar-refractivity contribution in [3.8, 4) is 0 Å². The van der Waals surface area contributed by atoms with Gasteiger partial charge in [0, 0.05) is 12.6 Å². The molecule has 2 fully saturated rings. The quantitative estimate of drug-likeness (QED) is 0.304. The van der Waals surface area contributed by atoms with Gasteiger partial charge < -0.3 is 20.8 Å². The molecule has 2 aromatic rings. The zero-order valence-electron chi connectivity index (χ0n) is 16.8. The summed E-state index contributed by atoms with van der Waals surface area (Å²) in [7, 11) is 0. The number of hydrogen-bond donors (Lipinski definition) is 3. The van der Waals surface area contributed by atoms with Gasteiger partial charge in [-0.1, -0.05) is 31.3 Å². The molecule has 0 spiro atoms. The van der Waals surface area contributed by atoms with Crippen molar-refractivity contribution in [2.45, 2.75) is 71.4 Å². The zero-order chi connectivity index (χ0) is 19.7. The first-order valence-electron chi connectivity index (χ1n) is 10.5. The van der Waals surface area contributed by atoms with Gasteiger partial charge in [0.1, 0.15) is 5.52 Å². The Hall–Kier alpha value is -2.38. The van der Waals surface area contributed by atoms with Crippen LogP contribution in [0.3, 0.4) is 0 Å². The monoisotopic (exact) mass is 385 g/mol. The molecule has 2 saturated carbocycles. The largest absolute Gasteiger partial charge is 0.409 e. The Kier molecular flexibility index (Phi) is 5.37. The number of fused-ring (bicyclic) bond motifs is 1. The summed E-state index contributed by atoms with van der Waals surface area (Å²) in [5, 5.41) is 15.7. The van der Waals surface area contributed by atoms with Gasteiger partial charge in [0.2, 0.25) is 11.7 Å². The SMILES string of the molecule is CC1CCC(Cn2cnc3nc(/C(N)=N/O)nc(N[C@H](C)C4CCC4)c32)CC1. The van der Waals surface area contributed by atoms with Crippen LogP contribution in [0.4, 0.5) is 5.82 Å². The Bertz CT molecular complexity index is 850. The minimum Gasteiger partial charge on any atom is -0.409 e. The van der Waals surface area contributed by atoms with Crippen molar-refractivity contribution in [1.82, 2.24) is 19.5 Å². The average molecular weight is 386 g/mol. The molecule has 0 unspecified atom stereocenters. The number of aromatic nitrogens is 4. The number of nitrogens with zero attached hydrogens (tertiary/aromatic N) is 5. The molecular formula is C20H31N7O. The van der Waals surface area contributed by atoms with Crippen molar-refractivity contribution >= 4 is 22.8 Å². The van der Waals surface area contributed by atoms with E-state index in [0.29, 0.717) is 23.5 Å². The van der Waals surface area contributed by atoms with Gasteiger partial charge in [0.15, 0.2) is 11.5 Å². The summed E-state index contributed by atoms with van der Waals surface area (Å²) in [6.07, 6.45) is 10.7. The van der Waals surface area contributed by atoms with E-state index in [4.69, 9.17) is 10.9 Å². The number of anilines is 1. The summed E-state index contributed by atoms with van der Waals surface area (Å²) in [6.45, 7) is 5.47. The Morgan fingerprint density at radius 3 is 2.68 bits per heavy atom. The average Bonchev–Trinajstić information content (AvgIpc) is 3.04. The summed E-state index contributed by atoms with van der Waals surface area (Å²) in [6, 6.07) is 0.311. The number of nitrogens with one attached hydrogen (secondary N) is 1. The molecule has 4 rings (SSSR count). The summed E-state index contributed by atoms with van der Waals surface area (Å²) in [4.78, 5) is 13.5. The Morgan fingerprint density at radius 2 is 2.04 bits per heavy atom. The number of amidine groups is 1. The number of oxime groups is 1. The molecule has 0 radical (unpaired) electrons. The molecule has 2 aromatic heterocycles. The third-order valence-corrected chi connectivity index (χ3v) is 6.62. The first-order chi connectivity index (χ1) is 13.5. The Morgan fingerprint density at radius 1 is 1.29 bits per heavy atom. The van der Waals surface area contributed by atoms with Gasteiger partial charge in [0.25, 0.3) is 0 Å². The fourth-order valence-electron chi connectivity index (χ4n) is 4.44. The van der Waals surface area contributed by atoms with Gasteiger partial charge in [-0.15, -0.1) is 0 Å². The molecule has 2 heterocycles. The van der Waals surface area contributed by atoms with E-state index in [1.54, 1.807) is 0 Å². The van der Waals surface area contributed by atoms with Crippen LogP contribution in [0.1, 0.15) is 64.6 Å². The maximum atomic E-state index is 9.05. The van der Waals surface area contributed by atoms with Gasteiger partial charge in [-0.2, -0.15) is 0 Å². The second-order valence-corrected chi connectivity index (χ2v) is 8.70. The maximum Gasteiger partial charge on any atom is 0.208 e. The van der Waals surface area contributed by atoms with Crippen molar-refractivity contribution in [2.24, 2.45) is 28.6 Å². The van der Waals surface area contributed by atoms with Crippen LogP contribution < -0.4 is 11.1 Å². The molecule has 0 bridgehead atoms. The first kappa shape index (κ1) is 19.0. The van der Waals surface area contributed by atoms with E-state index in [9.17, 15) is 0 Å². The summed E-state index contributed by atoms with van der Waals surface area (Å²) >= 11 is 0.